The lowest BCUT2D eigenvalue weighted by atomic mass is 10.0. The summed E-state index contributed by atoms with van der Waals surface area (Å²) in [7, 11) is -3.08. The molecule has 7 nitrogen and oxygen atoms in total. The first kappa shape index (κ1) is 12.7. The van der Waals surface area contributed by atoms with Crippen LogP contribution in [0.4, 0.5) is 0 Å². The first-order valence-electron chi connectivity index (χ1n) is 5.38. The molecule has 1 atom stereocenters. The fourth-order valence-corrected chi connectivity index (χ4v) is 4.01. The van der Waals surface area contributed by atoms with E-state index in [0.29, 0.717) is 6.42 Å². The molecule has 1 aromatic rings. The fourth-order valence-electron chi connectivity index (χ4n) is 1.92. The Morgan fingerprint density at radius 3 is 2.72 bits per heavy atom. The molecule has 0 saturated carbocycles. The van der Waals surface area contributed by atoms with Crippen LogP contribution in [0.3, 0.4) is 0 Å². The number of amides is 1. The van der Waals surface area contributed by atoms with E-state index in [1.807, 2.05) is 0 Å². The summed E-state index contributed by atoms with van der Waals surface area (Å²) in [5.41, 5.74) is -1.12. The molecule has 2 rings (SSSR count). The van der Waals surface area contributed by atoms with Crippen LogP contribution in [0.15, 0.2) is 16.9 Å². The van der Waals surface area contributed by atoms with E-state index in [2.05, 4.69) is 15.5 Å². The van der Waals surface area contributed by atoms with Gasteiger partial charge in [0.05, 0.1) is 17.0 Å². The molecule has 0 aliphatic carbocycles. The van der Waals surface area contributed by atoms with Crippen LogP contribution in [-0.2, 0) is 9.84 Å². The van der Waals surface area contributed by atoms with Gasteiger partial charge in [-0.1, -0.05) is 0 Å². The summed E-state index contributed by atoms with van der Waals surface area (Å²) in [6.07, 6.45) is 0.379. The van der Waals surface area contributed by atoms with E-state index in [4.69, 9.17) is 0 Å². The molecule has 0 spiro atoms. The minimum absolute atomic E-state index is 0.0557. The van der Waals surface area contributed by atoms with Crippen LogP contribution in [-0.4, -0.2) is 41.6 Å². The zero-order chi connectivity index (χ0) is 13.4. The first-order valence-corrected chi connectivity index (χ1v) is 7.21. The standard InChI is InChI=1S/C10H13N3O4S/c1-10(4-5-18(16,17)6-10)11-9(15)7-2-3-8(14)13-12-7/h2-3H,4-6H2,1H3,(H,11,15)(H,13,14). The van der Waals surface area contributed by atoms with Crippen LogP contribution in [0, 0.1) is 0 Å². The highest BCUT2D eigenvalue weighted by Crippen LogP contribution is 2.22. The maximum absolute atomic E-state index is 11.8. The number of sulfone groups is 1. The Labute approximate surface area is 104 Å². The van der Waals surface area contributed by atoms with Crippen LogP contribution in [0.2, 0.25) is 0 Å². The number of aromatic amines is 1. The van der Waals surface area contributed by atoms with Gasteiger partial charge in [0.1, 0.15) is 5.69 Å². The molecule has 1 amide bonds. The van der Waals surface area contributed by atoms with Crippen molar-refractivity contribution in [3.8, 4) is 0 Å². The van der Waals surface area contributed by atoms with Crippen molar-refractivity contribution < 1.29 is 13.2 Å². The van der Waals surface area contributed by atoms with Crippen molar-refractivity contribution in [2.24, 2.45) is 0 Å². The Morgan fingerprint density at radius 2 is 2.22 bits per heavy atom. The maximum atomic E-state index is 11.8. The third kappa shape index (κ3) is 2.76. The summed E-state index contributed by atoms with van der Waals surface area (Å²) in [4.78, 5) is 22.6. The summed E-state index contributed by atoms with van der Waals surface area (Å²) in [5, 5.41) is 8.38. The molecule has 1 aromatic heterocycles. The van der Waals surface area contributed by atoms with Crippen molar-refractivity contribution in [3.05, 3.63) is 28.2 Å². The molecule has 1 unspecified atom stereocenters. The minimum atomic E-state index is -3.08. The van der Waals surface area contributed by atoms with Gasteiger partial charge in [0.15, 0.2) is 9.84 Å². The van der Waals surface area contributed by atoms with Gasteiger partial charge in [-0.2, -0.15) is 5.10 Å². The molecule has 18 heavy (non-hydrogen) atoms. The van der Waals surface area contributed by atoms with Crippen LogP contribution in [0.5, 0.6) is 0 Å². The lowest BCUT2D eigenvalue weighted by Crippen LogP contribution is -2.47. The van der Waals surface area contributed by atoms with Gasteiger partial charge in [-0.05, 0) is 19.4 Å². The molecule has 1 aliphatic heterocycles. The number of hydrogen-bond donors (Lipinski definition) is 2. The molecule has 2 N–H and O–H groups in total. The lowest BCUT2D eigenvalue weighted by Gasteiger charge is -2.23. The van der Waals surface area contributed by atoms with E-state index in [1.165, 1.54) is 12.1 Å². The van der Waals surface area contributed by atoms with Gasteiger partial charge in [0.2, 0.25) is 0 Å². The Bertz CT molecular complexity index is 616. The molecular weight excluding hydrogens is 258 g/mol. The molecule has 1 aliphatic rings. The first-order chi connectivity index (χ1) is 8.30. The molecule has 0 aromatic carbocycles. The van der Waals surface area contributed by atoms with E-state index >= 15 is 0 Å². The Balaban J connectivity index is 2.13. The molecule has 0 radical (unpaired) electrons. The van der Waals surface area contributed by atoms with Gasteiger partial charge in [0.25, 0.3) is 11.5 Å². The van der Waals surface area contributed by atoms with Crippen molar-refractivity contribution in [2.75, 3.05) is 11.5 Å². The highest BCUT2D eigenvalue weighted by atomic mass is 32.2. The number of rotatable bonds is 2. The maximum Gasteiger partial charge on any atom is 0.272 e. The minimum Gasteiger partial charge on any atom is -0.344 e. The van der Waals surface area contributed by atoms with Gasteiger partial charge in [-0.3, -0.25) is 9.59 Å². The topological polar surface area (TPSA) is 109 Å². The van der Waals surface area contributed by atoms with E-state index in [-0.39, 0.29) is 17.2 Å². The molecule has 8 heteroatoms. The average Bonchev–Trinajstić information content (AvgIpc) is 2.53. The van der Waals surface area contributed by atoms with Gasteiger partial charge in [-0.25, -0.2) is 13.5 Å². The quantitative estimate of drug-likeness (QED) is 0.722. The number of hydrogen-bond acceptors (Lipinski definition) is 5. The van der Waals surface area contributed by atoms with Crippen molar-refractivity contribution in [2.45, 2.75) is 18.9 Å². The Kier molecular flexibility index (Phi) is 2.97. The van der Waals surface area contributed by atoms with Crippen molar-refractivity contribution in [1.82, 2.24) is 15.5 Å². The van der Waals surface area contributed by atoms with Crippen molar-refractivity contribution >= 4 is 15.7 Å². The Morgan fingerprint density at radius 1 is 1.50 bits per heavy atom. The van der Waals surface area contributed by atoms with E-state index in [9.17, 15) is 18.0 Å². The van der Waals surface area contributed by atoms with Crippen LogP contribution in [0.1, 0.15) is 23.8 Å². The fraction of sp³-hybridized carbons (Fsp3) is 0.500. The number of H-pyrrole nitrogens is 1. The van der Waals surface area contributed by atoms with Gasteiger partial charge < -0.3 is 5.32 Å². The number of nitrogens with zero attached hydrogens (tertiary/aromatic N) is 1. The van der Waals surface area contributed by atoms with Gasteiger partial charge >= 0.3 is 0 Å². The summed E-state index contributed by atoms with van der Waals surface area (Å²) in [5.74, 6) is -0.497. The zero-order valence-corrected chi connectivity index (χ0v) is 10.6. The predicted octanol–water partition coefficient (Wildman–Crippen LogP) is -0.923. The average molecular weight is 271 g/mol. The molecular formula is C10H13N3O4S. The molecule has 2 heterocycles. The predicted molar refractivity (Wildman–Crippen MR) is 64.0 cm³/mol. The van der Waals surface area contributed by atoms with Gasteiger partial charge in [0, 0.05) is 6.07 Å². The number of carbonyl (C=O) groups is 1. The smallest absolute Gasteiger partial charge is 0.272 e. The third-order valence-electron chi connectivity index (χ3n) is 2.83. The highest BCUT2D eigenvalue weighted by molar-refractivity contribution is 7.91. The molecule has 1 saturated heterocycles. The molecule has 98 valence electrons. The second kappa shape index (κ2) is 4.20. The van der Waals surface area contributed by atoms with Gasteiger partial charge in [-0.15, -0.1) is 0 Å². The van der Waals surface area contributed by atoms with Crippen LogP contribution >= 0.6 is 0 Å². The third-order valence-corrected chi connectivity index (χ3v) is 4.73. The van der Waals surface area contributed by atoms with Crippen LogP contribution < -0.4 is 10.9 Å². The summed E-state index contributed by atoms with van der Waals surface area (Å²) < 4.78 is 22.8. The highest BCUT2D eigenvalue weighted by Gasteiger charge is 2.39. The van der Waals surface area contributed by atoms with Crippen molar-refractivity contribution in [3.63, 3.8) is 0 Å². The van der Waals surface area contributed by atoms with Crippen molar-refractivity contribution in [1.29, 1.82) is 0 Å². The van der Waals surface area contributed by atoms with E-state index < -0.39 is 26.8 Å². The number of aromatic nitrogens is 2. The zero-order valence-electron chi connectivity index (χ0n) is 9.76. The summed E-state index contributed by atoms with van der Waals surface area (Å²) in [6.45, 7) is 1.68. The van der Waals surface area contributed by atoms with E-state index in [1.54, 1.807) is 6.92 Å². The molecule has 0 bridgehead atoms. The number of carbonyl (C=O) groups excluding carboxylic acids is 1. The normalized spacial score (nSPS) is 25.8. The number of nitrogens with one attached hydrogen (secondary N) is 2. The molecule has 1 fully saturated rings. The second-order valence-electron chi connectivity index (χ2n) is 4.66. The van der Waals surface area contributed by atoms with E-state index in [0.717, 1.165) is 0 Å². The lowest BCUT2D eigenvalue weighted by molar-refractivity contribution is 0.0909. The SMILES string of the molecule is CC1(NC(=O)c2ccc(=O)[nH]n2)CCS(=O)(=O)C1. The largest absolute Gasteiger partial charge is 0.344 e. The van der Waals surface area contributed by atoms with Crippen LogP contribution in [0.25, 0.3) is 0 Å². The summed E-state index contributed by atoms with van der Waals surface area (Å²) >= 11 is 0. The monoisotopic (exact) mass is 271 g/mol. The second-order valence-corrected chi connectivity index (χ2v) is 6.85. The summed E-state index contributed by atoms with van der Waals surface area (Å²) in [6, 6.07) is 2.48. The Hall–Kier alpha value is -1.70.